The summed E-state index contributed by atoms with van der Waals surface area (Å²) < 4.78 is 10.3. The first-order chi connectivity index (χ1) is 9.20. The molecule has 0 unspecified atom stereocenters. The van der Waals surface area contributed by atoms with Crippen LogP contribution in [-0.2, 0) is 11.2 Å². The molecular formula is C13H10ClNO3S. The van der Waals surface area contributed by atoms with Gasteiger partial charge in [-0.1, -0.05) is 23.7 Å². The van der Waals surface area contributed by atoms with Gasteiger partial charge in [0.25, 0.3) is 0 Å². The number of esters is 1. The van der Waals surface area contributed by atoms with Gasteiger partial charge in [-0.05, 0) is 11.6 Å². The van der Waals surface area contributed by atoms with E-state index in [0.717, 1.165) is 23.3 Å². The van der Waals surface area contributed by atoms with Crippen molar-refractivity contribution in [3.05, 3.63) is 33.8 Å². The molecule has 3 rings (SSSR count). The number of halogens is 1. The highest BCUT2D eigenvalue weighted by atomic mass is 35.5. The second kappa shape index (κ2) is 4.83. The van der Waals surface area contributed by atoms with Crippen LogP contribution in [0.4, 0.5) is 0 Å². The Bertz CT molecular complexity index is 653. The van der Waals surface area contributed by atoms with E-state index in [1.165, 1.54) is 18.4 Å². The second-order valence-corrected chi connectivity index (χ2v) is 5.38. The number of rotatable bonds is 2. The molecule has 2 aromatic rings. The number of fused-ring (bicyclic) bond motifs is 1. The third-order valence-corrected chi connectivity index (χ3v) is 4.36. The van der Waals surface area contributed by atoms with Gasteiger partial charge in [0.15, 0.2) is 10.0 Å². The normalized spacial score (nSPS) is 12.9. The number of thiazole rings is 1. The first-order valence-corrected chi connectivity index (χ1v) is 6.90. The number of methoxy groups -OCH3 is 1. The minimum Gasteiger partial charge on any atom is -0.492 e. The number of hydrogen-bond donors (Lipinski definition) is 0. The third-order valence-electron chi connectivity index (χ3n) is 2.90. The van der Waals surface area contributed by atoms with Crippen LogP contribution in [0.5, 0.6) is 5.75 Å². The van der Waals surface area contributed by atoms with E-state index in [1.54, 1.807) is 0 Å². The van der Waals surface area contributed by atoms with Crippen molar-refractivity contribution in [2.24, 2.45) is 0 Å². The van der Waals surface area contributed by atoms with E-state index in [2.05, 4.69) is 9.72 Å². The summed E-state index contributed by atoms with van der Waals surface area (Å²) in [5.74, 6) is 0.367. The number of carbonyl (C=O) groups is 1. The van der Waals surface area contributed by atoms with Crippen LogP contribution in [0.15, 0.2) is 18.2 Å². The van der Waals surface area contributed by atoms with Gasteiger partial charge in [0.05, 0.1) is 19.3 Å². The number of carbonyl (C=O) groups excluding carboxylic acids is 1. The first kappa shape index (κ1) is 12.4. The lowest BCUT2D eigenvalue weighted by molar-refractivity contribution is 0.0606. The topological polar surface area (TPSA) is 48.4 Å². The molecule has 0 spiro atoms. The smallest absolute Gasteiger partial charge is 0.351 e. The van der Waals surface area contributed by atoms with Gasteiger partial charge in [0, 0.05) is 6.42 Å². The summed E-state index contributed by atoms with van der Waals surface area (Å²) in [5, 5.41) is 0.839. The Hall–Kier alpha value is -1.59. The molecule has 2 heterocycles. The molecule has 98 valence electrons. The van der Waals surface area contributed by atoms with E-state index >= 15 is 0 Å². The predicted molar refractivity (Wildman–Crippen MR) is 73.1 cm³/mol. The maximum absolute atomic E-state index is 11.5. The SMILES string of the molecule is COC(=O)c1sc(-c2cccc3c2OCC3)nc1Cl. The lowest BCUT2D eigenvalue weighted by Gasteiger charge is -2.04. The van der Waals surface area contributed by atoms with Crippen molar-refractivity contribution in [1.82, 2.24) is 4.98 Å². The van der Waals surface area contributed by atoms with E-state index in [-0.39, 0.29) is 5.15 Å². The van der Waals surface area contributed by atoms with Crippen molar-refractivity contribution < 1.29 is 14.3 Å². The molecule has 4 nitrogen and oxygen atoms in total. The summed E-state index contributed by atoms with van der Waals surface area (Å²) in [6.45, 7) is 0.676. The maximum atomic E-state index is 11.5. The van der Waals surface area contributed by atoms with Gasteiger partial charge in [0.2, 0.25) is 0 Å². The molecule has 0 bridgehead atoms. The van der Waals surface area contributed by atoms with Crippen molar-refractivity contribution >= 4 is 28.9 Å². The van der Waals surface area contributed by atoms with Gasteiger partial charge < -0.3 is 9.47 Å². The molecule has 0 saturated carbocycles. The van der Waals surface area contributed by atoms with E-state index in [4.69, 9.17) is 16.3 Å². The van der Waals surface area contributed by atoms with Crippen LogP contribution in [0.25, 0.3) is 10.6 Å². The van der Waals surface area contributed by atoms with E-state index in [9.17, 15) is 4.79 Å². The Balaban J connectivity index is 2.09. The highest BCUT2D eigenvalue weighted by molar-refractivity contribution is 7.17. The minimum atomic E-state index is -0.470. The molecule has 0 fully saturated rings. The Kier molecular flexibility index (Phi) is 3.16. The Morgan fingerprint density at radius 2 is 2.37 bits per heavy atom. The molecule has 1 aliphatic rings. The van der Waals surface area contributed by atoms with E-state index in [1.807, 2.05) is 18.2 Å². The standard InChI is InChI=1S/C13H10ClNO3S/c1-17-13(16)10-11(14)15-12(19-10)8-4-2-3-7-5-6-18-9(7)8/h2-4H,5-6H2,1H3. The highest BCUT2D eigenvalue weighted by Gasteiger charge is 2.23. The van der Waals surface area contributed by atoms with Crippen molar-refractivity contribution in [3.63, 3.8) is 0 Å². The number of nitrogens with zero attached hydrogens (tertiary/aromatic N) is 1. The molecule has 0 atom stereocenters. The second-order valence-electron chi connectivity index (χ2n) is 4.02. The Labute approximate surface area is 118 Å². The third kappa shape index (κ3) is 2.09. The fourth-order valence-corrected chi connectivity index (χ4v) is 3.24. The largest absolute Gasteiger partial charge is 0.492 e. The summed E-state index contributed by atoms with van der Waals surface area (Å²) in [6.07, 6.45) is 0.895. The summed E-state index contributed by atoms with van der Waals surface area (Å²) in [6, 6.07) is 5.90. The number of ether oxygens (including phenoxy) is 2. The lowest BCUT2D eigenvalue weighted by Crippen LogP contribution is -1.98. The van der Waals surface area contributed by atoms with E-state index < -0.39 is 5.97 Å². The molecule has 0 aliphatic carbocycles. The van der Waals surface area contributed by atoms with Gasteiger partial charge in [0.1, 0.15) is 10.8 Å². The molecule has 19 heavy (non-hydrogen) atoms. The minimum absolute atomic E-state index is 0.169. The van der Waals surface area contributed by atoms with Crippen molar-refractivity contribution in [2.45, 2.75) is 6.42 Å². The monoisotopic (exact) mass is 295 g/mol. The molecule has 0 N–H and O–H groups in total. The van der Waals surface area contributed by atoms with Crippen LogP contribution in [0.2, 0.25) is 5.15 Å². The van der Waals surface area contributed by atoms with Crippen LogP contribution in [0.3, 0.4) is 0 Å². The Morgan fingerprint density at radius 1 is 1.53 bits per heavy atom. The molecule has 1 aromatic carbocycles. The molecule has 1 aromatic heterocycles. The van der Waals surface area contributed by atoms with Gasteiger partial charge in [-0.3, -0.25) is 0 Å². The van der Waals surface area contributed by atoms with Crippen molar-refractivity contribution in [3.8, 4) is 16.3 Å². The van der Waals surface area contributed by atoms with Crippen molar-refractivity contribution in [1.29, 1.82) is 0 Å². The first-order valence-electron chi connectivity index (χ1n) is 5.70. The quantitative estimate of drug-likeness (QED) is 0.798. The van der Waals surface area contributed by atoms with Crippen LogP contribution >= 0.6 is 22.9 Å². The molecule has 0 amide bonds. The average Bonchev–Trinajstić information content (AvgIpc) is 3.03. The van der Waals surface area contributed by atoms with Crippen LogP contribution in [-0.4, -0.2) is 24.7 Å². The number of hydrogen-bond acceptors (Lipinski definition) is 5. The highest BCUT2D eigenvalue weighted by Crippen LogP contribution is 2.40. The predicted octanol–water partition coefficient (Wildman–Crippen LogP) is 3.19. The maximum Gasteiger partial charge on any atom is 0.351 e. The summed E-state index contributed by atoms with van der Waals surface area (Å²) in [7, 11) is 1.32. The lowest BCUT2D eigenvalue weighted by atomic mass is 10.1. The average molecular weight is 296 g/mol. The van der Waals surface area contributed by atoms with Gasteiger partial charge in [-0.15, -0.1) is 11.3 Å². The van der Waals surface area contributed by atoms with Crippen molar-refractivity contribution in [2.75, 3.05) is 13.7 Å². The van der Waals surface area contributed by atoms with Crippen LogP contribution in [0.1, 0.15) is 15.2 Å². The van der Waals surface area contributed by atoms with E-state index in [0.29, 0.717) is 16.5 Å². The molecule has 6 heteroatoms. The molecular weight excluding hydrogens is 286 g/mol. The Morgan fingerprint density at radius 3 is 3.16 bits per heavy atom. The fourth-order valence-electron chi connectivity index (χ4n) is 2.02. The zero-order chi connectivity index (χ0) is 13.4. The zero-order valence-electron chi connectivity index (χ0n) is 10.1. The molecule has 0 saturated heterocycles. The number of aromatic nitrogens is 1. The number of para-hydroxylation sites is 1. The fraction of sp³-hybridized carbons (Fsp3) is 0.231. The van der Waals surface area contributed by atoms with Gasteiger partial charge in [-0.25, -0.2) is 9.78 Å². The van der Waals surface area contributed by atoms with Gasteiger partial charge in [-0.2, -0.15) is 0 Å². The molecule has 1 aliphatic heterocycles. The number of benzene rings is 1. The van der Waals surface area contributed by atoms with Gasteiger partial charge >= 0.3 is 5.97 Å². The molecule has 0 radical (unpaired) electrons. The summed E-state index contributed by atoms with van der Waals surface area (Å²) >= 11 is 7.19. The zero-order valence-corrected chi connectivity index (χ0v) is 11.7. The summed E-state index contributed by atoms with van der Waals surface area (Å²) in [5.41, 5.74) is 2.03. The van der Waals surface area contributed by atoms with Crippen LogP contribution in [0, 0.1) is 0 Å². The summed E-state index contributed by atoms with van der Waals surface area (Å²) in [4.78, 5) is 16.1. The van der Waals surface area contributed by atoms with Crippen LogP contribution < -0.4 is 4.74 Å².